The Morgan fingerprint density at radius 3 is 2.40 bits per heavy atom. The fourth-order valence-corrected chi connectivity index (χ4v) is 8.39. The lowest BCUT2D eigenvalue weighted by atomic mass is 9.47. The average Bonchev–Trinajstić information content (AvgIpc) is 3.53. The average molecular weight is 562 g/mol. The number of amides is 2. The minimum atomic E-state index is -1.18. The van der Waals surface area contributed by atoms with Crippen molar-refractivity contribution in [3.8, 4) is 17.2 Å². The standard InChI is InChI=1S/C31H31NO7S/c1-15-10-22(34)21-13-20-18(7-8-19-25(20)30(37)32(29(19)36)14-17-6-5-9-40-17)27(31(21,2)28(15)35)26-23(38-3)11-16(33)12-24(26)39-4/h5-7,9-12,19-21,25,27,33H,8,13-14H2,1-4H3/t19-,20+,21-,25-,27+,31+/m0/s1. The number of methoxy groups -OCH3 is 2. The van der Waals surface area contributed by atoms with Crippen LogP contribution in [0.15, 0.2) is 52.9 Å². The van der Waals surface area contributed by atoms with Gasteiger partial charge in [-0.15, -0.1) is 11.3 Å². The molecular weight excluding hydrogens is 530 g/mol. The normalized spacial score (nSPS) is 31.3. The third kappa shape index (κ3) is 3.63. The number of carbonyl (C=O) groups is 4. The maximum absolute atomic E-state index is 14.0. The number of thiophene rings is 1. The molecule has 6 rings (SSSR count). The predicted molar refractivity (Wildman–Crippen MR) is 147 cm³/mol. The van der Waals surface area contributed by atoms with Gasteiger partial charge >= 0.3 is 0 Å². The van der Waals surface area contributed by atoms with Gasteiger partial charge < -0.3 is 14.6 Å². The Balaban J connectivity index is 1.53. The number of likely N-dealkylation sites (tertiary alicyclic amines) is 1. The van der Waals surface area contributed by atoms with Crippen LogP contribution in [0, 0.1) is 29.1 Å². The maximum atomic E-state index is 14.0. The van der Waals surface area contributed by atoms with Gasteiger partial charge in [-0.1, -0.05) is 24.6 Å². The zero-order valence-electron chi connectivity index (χ0n) is 22.8. The third-order valence-corrected chi connectivity index (χ3v) is 10.3. The van der Waals surface area contributed by atoms with Gasteiger partial charge in [0.1, 0.15) is 17.2 Å². The van der Waals surface area contributed by atoms with Gasteiger partial charge in [-0.25, -0.2) is 0 Å². The number of imide groups is 1. The van der Waals surface area contributed by atoms with Crippen LogP contribution >= 0.6 is 11.3 Å². The Kier molecular flexibility index (Phi) is 6.25. The van der Waals surface area contributed by atoms with Gasteiger partial charge in [0.05, 0.1) is 38.0 Å². The van der Waals surface area contributed by atoms with Crippen LogP contribution in [0.1, 0.15) is 43.0 Å². The molecule has 2 aromatic rings. The highest BCUT2D eigenvalue weighted by Gasteiger charge is 2.64. The largest absolute Gasteiger partial charge is 0.508 e. The first-order chi connectivity index (χ1) is 19.1. The van der Waals surface area contributed by atoms with Crippen molar-refractivity contribution >= 4 is 34.7 Å². The Hall–Kier alpha value is -3.72. The van der Waals surface area contributed by atoms with Crippen LogP contribution in [0.3, 0.4) is 0 Å². The lowest BCUT2D eigenvalue weighted by molar-refractivity contribution is -0.142. The predicted octanol–water partition coefficient (Wildman–Crippen LogP) is 4.43. The van der Waals surface area contributed by atoms with Crippen molar-refractivity contribution in [2.24, 2.45) is 29.1 Å². The number of phenols is 1. The molecule has 0 bridgehead atoms. The summed E-state index contributed by atoms with van der Waals surface area (Å²) in [5.74, 6) is -3.06. The first-order valence-corrected chi connectivity index (χ1v) is 14.3. The summed E-state index contributed by atoms with van der Waals surface area (Å²) in [5, 5.41) is 12.3. The monoisotopic (exact) mass is 561 g/mol. The molecule has 0 spiro atoms. The van der Waals surface area contributed by atoms with Crippen LogP contribution in [-0.4, -0.2) is 47.6 Å². The summed E-state index contributed by atoms with van der Waals surface area (Å²) in [6.45, 7) is 3.70. The molecule has 9 heteroatoms. The third-order valence-electron chi connectivity index (χ3n) is 9.44. The number of benzene rings is 1. The van der Waals surface area contributed by atoms with Gasteiger partial charge in [0.2, 0.25) is 11.8 Å². The second kappa shape index (κ2) is 9.44. The number of nitrogens with zero attached hydrogens (tertiary/aromatic N) is 1. The number of aromatic hydroxyl groups is 1. The second-order valence-electron chi connectivity index (χ2n) is 11.3. The summed E-state index contributed by atoms with van der Waals surface area (Å²) in [7, 11) is 2.95. The summed E-state index contributed by atoms with van der Waals surface area (Å²) in [5.41, 5.74) is 0.600. The van der Waals surface area contributed by atoms with E-state index in [1.54, 1.807) is 6.92 Å². The Bertz CT molecular complexity index is 1480. The molecule has 1 saturated heterocycles. The number of hydrogen-bond donors (Lipinski definition) is 1. The summed E-state index contributed by atoms with van der Waals surface area (Å²) in [4.78, 5) is 57.4. The highest BCUT2D eigenvalue weighted by molar-refractivity contribution is 7.09. The molecule has 0 radical (unpaired) electrons. The number of ketones is 2. The van der Waals surface area contributed by atoms with Crippen LogP contribution in [0.2, 0.25) is 0 Å². The van der Waals surface area contributed by atoms with Gasteiger partial charge in [-0.2, -0.15) is 0 Å². The van der Waals surface area contributed by atoms with Gasteiger partial charge in [-0.05, 0) is 48.8 Å². The van der Waals surface area contributed by atoms with E-state index >= 15 is 0 Å². The smallest absolute Gasteiger partial charge is 0.234 e. The van der Waals surface area contributed by atoms with Crippen LogP contribution in [-0.2, 0) is 25.7 Å². The van der Waals surface area contributed by atoms with E-state index in [-0.39, 0.29) is 35.7 Å². The number of allylic oxidation sites excluding steroid dienone is 4. The number of carbonyl (C=O) groups excluding carboxylic acids is 4. The van der Waals surface area contributed by atoms with E-state index in [4.69, 9.17) is 9.47 Å². The van der Waals surface area contributed by atoms with E-state index in [0.29, 0.717) is 35.5 Å². The van der Waals surface area contributed by atoms with E-state index in [9.17, 15) is 24.3 Å². The van der Waals surface area contributed by atoms with Crippen LogP contribution in [0.4, 0.5) is 0 Å². The molecule has 8 nitrogen and oxygen atoms in total. The number of Topliss-reactive ketones (excluding diaryl/α,β-unsaturated/α-hetero) is 1. The number of fused-ring (bicyclic) bond motifs is 4. The summed E-state index contributed by atoms with van der Waals surface area (Å²) in [6.07, 6.45) is 4.06. The van der Waals surface area contributed by atoms with Crippen molar-refractivity contribution in [1.29, 1.82) is 0 Å². The van der Waals surface area contributed by atoms with E-state index in [1.165, 1.54) is 48.7 Å². The Morgan fingerprint density at radius 2 is 1.77 bits per heavy atom. The molecule has 2 amide bonds. The quantitative estimate of drug-likeness (QED) is 0.425. The van der Waals surface area contributed by atoms with Crippen molar-refractivity contribution in [2.45, 2.75) is 39.2 Å². The molecule has 2 heterocycles. The molecule has 4 aliphatic rings. The Labute approximate surface area is 236 Å². The van der Waals surface area contributed by atoms with Crippen molar-refractivity contribution in [2.75, 3.05) is 14.2 Å². The summed E-state index contributed by atoms with van der Waals surface area (Å²) in [6, 6.07) is 6.74. The fourth-order valence-electron chi connectivity index (χ4n) is 7.69. The van der Waals surface area contributed by atoms with E-state index in [0.717, 1.165) is 10.5 Å². The summed E-state index contributed by atoms with van der Waals surface area (Å²) < 4.78 is 11.4. The number of hydrogen-bond acceptors (Lipinski definition) is 8. The first-order valence-electron chi connectivity index (χ1n) is 13.4. The molecule has 2 fully saturated rings. The Morgan fingerprint density at radius 1 is 1.07 bits per heavy atom. The zero-order valence-corrected chi connectivity index (χ0v) is 23.6. The lowest BCUT2D eigenvalue weighted by Gasteiger charge is -2.54. The van der Waals surface area contributed by atoms with Crippen LogP contribution in [0.25, 0.3) is 0 Å². The molecule has 1 aliphatic heterocycles. The van der Waals surface area contributed by atoms with Gasteiger partial charge in [0, 0.05) is 34.4 Å². The van der Waals surface area contributed by atoms with Gasteiger partial charge in [0.15, 0.2) is 11.6 Å². The molecule has 6 atom stereocenters. The molecule has 0 unspecified atom stereocenters. The van der Waals surface area contributed by atoms with Crippen LogP contribution in [0.5, 0.6) is 17.2 Å². The van der Waals surface area contributed by atoms with Crippen LogP contribution < -0.4 is 9.47 Å². The zero-order chi connectivity index (χ0) is 28.5. The SMILES string of the molecule is COc1cc(O)cc(OC)c1[C@H]1C2=CC[C@@H]3C(=O)N(Cc4cccs4)C(=O)[C@@H]3[C@@H]2C[C@H]2C(=O)C=C(C)C(=O)[C@@]12C. The summed E-state index contributed by atoms with van der Waals surface area (Å²) >= 11 is 1.50. The van der Waals surface area contributed by atoms with Crippen molar-refractivity contribution in [3.05, 3.63) is 63.4 Å². The molecule has 208 valence electrons. The number of phenolic OH excluding ortho intramolecular Hbond substituents is 1. The molecule has 1 N–H and O–H groups in total. The molecule has 1 aromatic heterocycles. The van der Waals surface area contributed by atoms with Crippen molar-refractivity contribution in [1.82, 2.24) is 4.90 Å². The molecular formula is C31H31NO7S. The number of rotatable bonds is 5. The van der Waals surface area contributed by atoms with Crippen molar-refractivity contribution in [3.63, 3.8) is 0 Å². The topological polar surface area (TPSA) is 110 Å². The van der Waals surface area contributed by atoms with Gasteiger partial charge in [-0.3, -0.25) is 24.1 Å². The maximum Gasteiger partial charge on any atom is 0.234 e. The van der Waals surface area contributed by atoms with E-state index in [1.807, 2.05) is 30.5 Å². The van der Waals surface area contributed by atoms with E-state index in [2.05, 4.69) is 0 Å². The highest BCUT2D eigenvalue weighted by Crippen LogP contribution is 2.64. The minimum Gasteiger partial charge on any atom is -0.508 e. The highest BCUT2D eigenvalue weighted by atomic mass is 32.1. The first kappa shape index (κ1) is 26.5. The molecule has 3 aliphatic carbocycles. The van der Waals surface area contributed by atoms with Crippen molar-refractivity contribution < 1.29 is 33.8 Å². The second-order valence-corrected chi connectivity index (χ2v) is 12.4. The minimum absolute atomic E-state index is 0.0629. The molecule has 1 aromatic carbocycles. The number of ether oxygens (including phenoxy) is 2. The van der Waals surface area contributed by atoms with E-state index < -0.39 is 35.0 Å². The fraction of sp³-hybridized carbons (Fsp3) is 0.419. The molecule has 1 saturated carbocycles. The lowest BCUT2D eigenvalue weighted by Crippen LogP contribution is -2.54. The molecule has 40 heavy (non-hydrogen) atoms. The van der Waals surface area contributed by atoms with Gasteiger partial charge in [0.25, 0.3) is 0 Å².